The van der Waals surface area contributed by atoms with Crippen molar-refractivity contribution in [2.45, 2.75) is 57.6 Å². The molecule has 0 aromatic heterocycles. The molecule has 6 heteroatoms. The Bertz CT molecular complexity index is 436. The van der Waals surface area contributed by atoms with Crippen molar-refractivity contribution in [1.82, 2.24) is 9.80 Å². The standard InChI is InChI=1S/C17H28N2O2S2/c1-13-6-8-18(9-7-13)17(22)23-12-16(20)19-10-11-21-15-5-3-2-4-14(15)19/h13-15H,2-12H2,1H3/t14-,15+/m1/s1. The normalized spacial score (nSPS) is 29.3. The number of amides is 1. The predicted octanol–water partition coefficient (Wildman–Crippen LogP) is 2.91. The fourth-order valence-corrected chi connectivity index (χ4v) is 5.03. The Morgan fingerprint density at radius 2 is 1.91 bits per heavy atom. The van der Waals surface area contributed by atoms with E-state index >= 15 is 0 Å². The summed E-state index contributed by atoms with van der Waals surface area (Å²) in [5.41, 5.74) is 0. The van der Waals surface area contributed by atoms with Crippen LogP contribution in [-0.2, 0) is 9.53 Å². The summed E-state index contributed by atoms with van der Waals surface area (Å²) < 4.78 is 6.76. The minimum Gasteiger partial charge on any atom is -0.374 e. The van der Waals surface area contributed by atoms with Gasteiger partial charge in [-0.15, -0.1) is 0 Å². The fraction of sp³-hybridized carbons (Fsp3) is 0.882. The third-order valence-electron chi connectivity index (χ3n) is 5.41. The van der Waals surface area contributed by atoms with Gasteiger partial charge in [-0.3, -0.25) is 4.79 Å². The number of rotatable bonds is 2. The molecule has 3 rings (SSSR count). The van der Waals surface area contributed by atoms with Gasteiger partial charge in [-0.2, -0.15) is 0 Å². The lowest BCUT2D eigenvalue weighted by Gasteiger charge is -2.43. The summed E-state index contributed by atoms with van der Waals surface area (Å²) in [4.78, 5) is 17.0. The van der Waals surface area contributed by atoms with Gasteiger partial charge in [0.25, 0.3) is 0 Å². The number of morpholine rings is 1. The third kappa shape index (κ3) is 4.40. The summed E-state index contributed by atoms with van der Waals surface area (Å²) in [6.07, 6.45) is 7.33. The van der Waals surface area contributed by atoms with Gasteiger partial charge in [0.2, 0.25) is 5.91 Å². The fourth-order valence-electron chi connectivity index (χ4n) is 3.89. The first-order valence-corrected chi connectivity index (χ1v) is 10.4. The molecule has 1 saturated carbocycles. The van der Waals surface area contributed by atoms with E-state index in [2.05, 4.69) is 16.7 Å². The Balaban J connectivity index is 1.47. The van der Waals surface area contributed by atoms with Crippen LogP contribution in [0.15, 0.2) is 0 Å². The monoisotopic (exact) mass is 356 g/mol. The lowest BCUT2D eigenvalue weighted by Crippen LogP contribution is -2.55. The van der Waals surface area contributed by atoms with Crippen molar-refractivity contribution in [3.8, 4) is 0 Å². The number of ether oxygens (including phenoxy) is 1. The Morgan fingerprint density at radius 3 is 2.70 bits per heavy atom. The van der Waals surface area contributed by atoms with Gasteiger partial charge >= 0.3 is 0 Å². The van der Waals surface area contributed by atoms with Gasteiger partial charge in [-0.05, 0) is 31.6 Å². The van der Waals surface area contributed by atoms with E-state index in [-0.39, 0.29) is 12.0 Å². The molecule has 1 amide bonds. The van der Waals surface area contributed by atoms with Crippen molar-refractivity contribution >= 4 is 34.2 Å². The molecule has 0 N–H and O–H groups in total. The maximum absolute atomic E-state index is 12.7. The summed E-state index contributed by atoms with van der Waals surface area (Å²) in [5.74, 6) is 1.52. The van der Waals surface area contributed by atoms with Crippen LogP contribution in [0.4, 0.5) is 0 Å². The van der Waals surface area contributed by atoms with E-state index < -0.39 is 0 Å². The average Bonchev–Trinajstić information content (AvgIpc) is 2.59. The molecule has 0 aromatic carbocycles. The van der Waals surface area contributed by atoms with Gasteiger partial charge in [0.1, 0.15) is 4.32 Å². The average molecular weight is 357 g/mol. The summed E-state index contributed by atoms with van der Waals surface area (Å²) in [5, 5.41) is 0. The Morgan fingerprint density at radius 1 is 1.17 bits per heavy atom. The highest BCUT2D eigenvalue weighted by molar-refractivity contribution is 8.23. The Labute approximate surface area is 149 Å². The number of carbonyl (C=O) groups is 1. The molecule has 0 aromatic rings. The number of piperidine rings is 1. The van der Waals surface area contributed by atoms with Crippen molar-refractivity contribution < 1.29 is 9.53 Å². The molecule has 2 saturated heterocycles. The quantitative estimate of drug-likeness (QED) is 0.711. The zero-order valence-corrected chi connectivity index (χ0v) is 15.7. The molecule has 23 heavy (non-hydrogen) atoms. The largest absolute Gasteiger partial charge is 0.374 e. The topological polar surface area (TPSA) is 32.8 Å². The van der Waals surface area contributed by atoms with Gasteiger partial charge in [0, 0.05) is 19.6 Å². The zero-order valence-electron chi connectivity index (χ0n) is 14.0. The highest BCUT2D eigenvalue weighted by Gasteiger charge is 2.36. The van der Waals surface area contributed by atoms with E-state index in [9.17, 15) is 4.79 Å². The van der Waals surface area contributed by atoms with Crippen molar-refractivity contribution in [1.29, 1.82) is 0 Å². The van der Waals surface area contributed by atoms with Crippen molar-refractivity contribution in [2.24, 2.45) is 5.92 Å². The molecule has 3 fully saturated rings. The van der Waals surface area contributed by atoms with Crippen LogP contribution in [0, 0.1) is 5.92 Å². The number of fused-ring (bicyclic) bond motifs is 1. The molecule has 0 radical (unpaired) electrons. The highest BCUT2D eigenvalue weighted by Crippen LogP contribution is 2.29. The minimum atomic E-state index is 0.239. The number of carbonyl (C=O) groups excluding carboxylic acids is 1. The minimum absolute atomic E-state index is 0.239. The van der Waals surface area contributed by atoms with Crippen LogP contribution in [0.2, 0.25) is 0 Å². The summed E-state index contributed by atoms with van der Waals surface area (Å²) in [6, 6.07) is 0.301. The van der Waals surface area contributed by atoms with Crippen LogP contribution in [0.5, 0.6) is 0 Å². The van der Waals surface area contributed by atoms with E-state index in [1.165, 1.54) is 25.7 Å². The molecule has 4 nitrogen and oxygen atoms in total. The van der Waals surface area contributed by atoms with Crippen LogP contribution in [-0.4, -0.2) is 64.2 Å². The molecule has 130 valence electrons. The molecule has 0 spiro atoms. The molecule has 1 aliphatic carbocycles. The number of thioether (sulfide) groups is 1. The Hall–Kier alpha value is -0.330. The molecule has 2 heterocycles. The van der Waals surface area contributed by atoms with Crippen LogP contribution >= 0.6 is 24.0 Å². The van der Waals surface area contributed by atoms with Gasteiger partial charge in [-0.1, -0.05) is 43.7 Å². The van der Waals surface area contributed by atoms with Crippen LogP contribution in [0.3, 0.4) is 0 Å². The van der Waals surface area contributed by atoms with Crippen LogP contribution in [0.25, 0.3) is 0 Å². The van der Waals surface area contributed by atoms with E-state index in [0.29, 0.717) is 18.4 Å². The maximum atomic E-state index is 12.7. The van der Waals surface area contributed by atoms with E-state index in [0.717, 1.165) is 42.7 Å². The summed E-state index contributed by atoms with van der Waals surface area (Å²) in [6.45, 7) is 5.82. The number of nitrogens with zero attached hydrogens (tertiary/aromatic N) is 2. The van der Waals surface area contributed by atoms with Gasteiger partial charge < -0.3 is 14.5 Å². The number of hydrogen-bond acceptors (Lipinski definition) is 4. The molecular weight excluding hydrogens is 328 g/mol. The zero-order chi connectivity index (χ0) is 16.2. The summed E-state index contributed by atoms with van der Waals surface area (Å²) in [7, 11) is 0. The Kier molecular flexibility index (Phi) is 6.21. The van der Waals surface area contributed by atoms with Crippen LogP contribution < -0.4 is 0 Å². The maximum Gasteiger partial charge on any atom is 0.233 e. The van der Waals surface area contributed by atoms with Gasteiger partial charge in [0.15, 0.2) is 0 Å². The van der Waals surface area contributed by atoms with Crippen LogP contribution in [0.1, 0.15) is 45.4 Å². The lowest BCUT2D eigenvalue weighted by molar-refractivity contribution is -0.146. The first-order valence-electron chi connectivity index (χ1n) is 8.98. The van der Waals surface area contributed by atoms with E-state index in [1.54, 1.807) is 11.8 Å². The second kappa shape index (κ2) is 8.17. The molecule has 2 aliphatic heterocycles. The smallest absolute Gasteiger partial charge is 0.233 e. The number of hydrogen-bond donors (Lipinski definition) is 0. The van der Waals surface area contributed by atoms with E-state index in [1.807, 2.05) is 0 Å². The second-order valence-electron chi connectivity index (χ2n) is 7.07. The predicted molar refractivity (Wildman–Crippen MR) is 98.7 cm³/mol. The first kappa shape index (κ1) is 17.5. The van der Waals surface area contributed by atoms with Crippen molar-refractivity contribution in [2.75, 3.05) is 32.0 Å². The summed E-state index contributed by atoms with van der Waals surface area (Å²) >= 11 is 7.09. The van der Waals surface area contributed by atoms with Gasteiger partial charge in [-0.25, -0.2) is 0 Å². The highest BCUT2D eigenvalue weighted by atomic mass is 32.2. The van der Waals surface area contributed by atoms with Gasteiger partial charge in [0.05, 0.1) is 24.5 Å². The number of likely N-dealkylation sites (tertiary alicyclic amines) is 1. The SMILES string of the molecule is CC1CCN(C(=S)SCC(=O)N2CCO[C@H]3CCCC[C@H]32)CC1. The number of thiocarbonyl (C=S) groups is 1. The molecule has 0 bridgehead atoms. The van der Waals surface area contributed by atoms with Crippen molar-refractivity contribution in [3.05, 3.63) is 0 Å². The third-order valence-corrected chi connectivity index (χ3v) is 6.92. The second-order valence-corrected chi connectivity index (χ2v) is 8.68. The molecule has 2 atom stereocenters. The molecule has 0 unspecified atom stereocenters. The lowest BCUT2D eigenvalue weighted by atomic mass is 9.90. The molecular formula is C17H28N2O2S2. The van der Waals surface area contributed by atoms with Crippen molar-refractivity contribution in [3.63, 3.8) is 0 Å². The molecule has 3 aliphatic rings. The first-order chi connectivity index (χ1) is 11.1. The van der Waals surface area contributed by atoms with E-state index in [4.69, 9.17) is 17.0 Å².